The van der Waals surface area contributed by atoms with Crippen LogP contribution in [0.1, 0.15) is 30.1 Å². The topological polar surface area (TPSA) is 116 Å². The number of nitrogens with one attached hydrogen (secondary N) is 1. The van der Waals surface area contributed by atoms with Gasteiger partial charge in [-0.1, -0.05) is 0 Å². The summed E-state index contributed by atoms with van der Waals surface area (Å²) < 4.78 is 32.3. The summed E-state index contributed by atoms with van der Waals surface area (Å²) in [4.78, 5) is 34.5. The third-order valence-electron chi connectivity index (χ3n) is 3.04. The molecule has 1 amide bonds. The molecule has 0 bridgehead atoms. The molecule has 0 aliphatic carbocycles. The highest BCUT2D eigenvalue weighted by Crippen LogP contribution is 2.11. The van der Waals surface area contributed by atoms with Gasteiger partial charge in [0.1, 0.15) is 0 Å². The maximum Gasteiger partial charge on any atom is 0.338 e. The van der Waals surface area contributed by atoms with Crippen LogP contribution < -0.4 is 5.32 Å². The summed E-state index contributed by atoms with van der Waals surface area (Å²) in [6, 6.07) is 5.22. The van der Waals surface area contributed by atoms with Crippen LogP contribution in [0.3, 0.4) is 0 Å². The zero-order valence-electron chi connectivity index (χ0n) is 14.1. The Morgan fingerprint density at radius 1 is 1.08 bits per heavy atom. The minimum absolute atomic E-state index is 0.0865. The molecule has 1 aromatic rings. The smallest absolute Gasteiger partial charge is 0.338 e. The zero-order chi connectivity index (χ0) is 18.9. The fraction of sp³-hybridized carbons (Fsp3) is 0.438. The first-order valence-corrected chi connectivity index (χ1v) is 9.52. The van der Waals surface area contributed by atoms with Gasteiger partial charge in [-0.2, -0.15) is 0 Å². The van der Waals surface area contributed by atoms with E-state index in [-0.39, 0.29) is 29.4 Å². The molecule has 0 atom stereocenters. The first-order valence-electron chi connectivity index (χ1n) is 7.63. The van der Waals surface area contributed by atoms with Crippen LogP contribution in [0.25, 0.3) is 0 Å². The van der Waals surface area contributed by atoms with Gasteiger partial charge in [0.05, 0.1) is 17.1 Å². The van der Waals surface area contributed by atoms with E-state index in [1.54, 1.807) is 6.92 Å². The monoisotopic (exact) mass is 371 g/mol. The molecule has 0 aliphatic rings. The molecule has 0 saturated heterocycles. The molecular formula is C16H21NO7S. The van der Waals surface area contributed by atoms with Crippen molar-refractivity contribution in [3.63, 3.8) is 0 Å². The SMILES string of the molecule is CCOC(=O)CCCNC(=O)COC(=O)c1ccc(S(C)(=O)=O)cc1. The van der Waals surface area contributed by atoms with Crippen molar-refractivity contribution in [2.45, 2.75) is 24.7 Å². The van der Waals surface area contributed by atoms with E-state index >= 15 is 0 Å². The average molecular weight is 371 g/mol. The minimum atomic E-state index is -3.34. The predicted octanol–water partition coefficient (Wildman–Crippen LogP) is 0.706. The highest BCUT2D eigenvalue weighted by molar-refractivity contribution is 7.90. The fourth-order valence-electron chi connectivity index (χ4n) is 1.80. The lowest BCUT2D eigenvalue weighted by atomic mass is 10.2. The van der Waals surface area contributed by atoms with E-state index in [1.165, 1.54) is 24.3 Å². The Bertz CT molecular complexity index is 711. The third-order valence-corrected chi connectivity index (χ3v) is 4.17. The number of sulfone groups is 1. The van der Waals surface area contributed by atoms with Crippen molar-refractivity contribution in [3.8, 4) is 0 Å². The molecule has 1 aromatic carbocycles. The van der Waals surface area contributed by atoms with Crippen LogP contribution in [0.15, 0.2) is 29.2 Å². The van der Waals surface area contributed by atoms with Gasteiger partial charge >= 0.3 is 11.9 Å². The molecule has 0 radical (unpaired) electrons. The molecule has 138 valence electrons. The predicted molar refractivity (Wildman–Crippen MR) is 88.7 cm³/mol. The van der Waals surface area contributed by atoms with Crippen LogP contribution in [0, 0.1) is 0 Å². The number of amides is 1. The van der Waals surface area contributed by atoms with Crippen LogP contribution in [0.5, 0.6) is 0 Å². The Labute approximate surface area is 146 Å². The molecule has 0 fully saturated rings. The van der Waals surface area contributed by atoms with Crippen LogP contribution in [-0.4, -0.2) is 52.3 Å². The van der Waals surface area contributed by atoms with Crippen molar-refractivity contribution in [1.29, 1.82) is 0 Å². The first kappa shape index (κ1) is 20.6. The summed E-state index contributed by atoms with van der Waals surface area (Å²) in [6.07, 6.45) is 1.68. The number of rotatable bonds is 9. The number of ether oxygens (including phenoxy) is 2. The van der Waals surface area contributed by atoms with Crippen LogP contribution in [0.4, 0.5) is 0 Å². The molecule has 9 heteroatoms. The van der Waals surface area contributed by atoms with Gasteiger partial charge in [-0.15, -0.1) is 0 Å². The number of benzene rings is 1. The lowest BCUT2D eigenvalue weighted by Gasteiger charge is -2.07. The van der Waals surface area contributed by atoms with E-state index in [0.717, 1.165) is 6.26 Å². The van der Waals surface area contributed by atoms with Crippen LogP contribution in [-0.2, 0) is 28.9 Å². The van der Waals surface area contributed by atoms with Crippen molar-refractivity contribution in [3.05, 3.63) is 29.8 Å². The number of esters is 2. The van der Waals surface area contributed by atoms with Crippen molar-refractivity contribution < 1.29 is 32.3 Å². The number of carbonyl (C=O) groups is 3. The summed E-state index contributed by atoms with van der Waals surface area (Å²) >= 11 is 0. The summed E-state index contributed by atoms with van der Waals surface area (Å²) in [7, 11) is -3.34. The second kappa shape index (κ2) is 9.77. The van der Waals surface area contributed by atoms with Crippen molar-refractivity contribution in [2.75, 3.05) is 26.0 Å². The highest BCUT2D eigenvalue weighted by Gasteiger charge is 2.12. The Morgan fingerprint density at radius 2 is 1.72 bits per heavy atom. The van der Waals surface area contributed by atoms with Gasteiger partial charge in [-0.05, 0) is 37.6 Å². The quantitative estimate of drug-likeness (QED) is 0.502. The van der Waals surface area contributed by atoms with Gasteiger partial charge in [0.2, 0.25) is 0 Å². The Kier molecular flexibility index (Phi) is 8.06. The molecule has 0 unspecified atom stereocenters. The number of hydrogen-bond donors (Lipinski definition) is 1. The van der Waals surface area contributed by atoms with E-state index < -0.39 is 28.3 Å². The summed E-state index contributed by atoms with van der Waals surface area (Å²) in [5.74, 6) is -1.56. The number of carbonyl (C=O) groups excluding carboxylic acids is 3. The standard InChI is InChI=1S/C16H21NO7S/c1-3-23-15(19)5-4-10-17-14(18)11-24-16(20)12-6-8-13(9-7-12)25(2,21)22/h6-9H,3-5,10-11H2,1-2H3,(H,17,18). The van der Waals surface area contributed by atoms with Gasteiger partial charge in [0.25, 0.3) is 5.91 Å². The zero-order valence-corrected chi connectivity index (χ0v) is 14.9. The molecule has 1 rings (SSSR count). The summed E-state index contributed by atoms with van der Waals surface area (Å²) in [5.41, 5.74) is 0.141. The highest BCUT2D eigenvalue weighted by atomic mass is 32.2. The lowest BCUT2D eigenvalue weighted by molar-refractivity contribution is -0.143. The molecule has 25 heavy (non-hydrogen) atoms. The second-order valence-electron chi connectivity index (χ2n) is 5.13. The van der Waals surface area contributed by atoms with E-state index in [1.807, 2.05) is 0 Å². The normalized spacial score (nSPS) is 10.8. The van der Waals surface area contributed by atoms with E-state index in [9.17, 15) is 22.8 Å². The molecule has 0 saturated carbocycles. The van der Waals surface area contributed by atoms with E-state index in [0.29, 0.717) is 13.0 Å². The van der Waals surface area contributed by atoms with E-state index in [4.69, 9.17) is 9.47 Å². The first-order chi connectivity index (χ1) is 11.7. The van der Waals surface area contributed by atoms with E-state index in [2.05, 4.69) is 5.32 Å². The van der Waals surface area contributed by atoms with Gasteiger partial charge in [-0.3, -0.25) is 9.59 Å². The maximum absolute atomic E-state index is 11.8. The van der Waals surface area contributed by atoms with Crippen molar-refractivity contribution >= 4 is 27.7 Å². The Hall–Kier alpha value is -2.42. The molecule has 0 aromatic heterocycles. The molecule has 0 heterocycles. The van der Waals surface area contributed by atoms with Crippen LogP contribution >= 0.6 is 0 Å². The van der Waals surface area contributed by atoms with Gasteiger partial charge < -0.3 is 14.8 Å². The Morgan fingerprint density at radius 3 is 2.28 bits per heavy atom. The summed E-state index contributed by atoms with van der Waals surface area (Å²) in [5, 5.41) is 2.51. The average Bonchev–Trinajstić information content (AvgIpc) is 2.56. The molecular weight excluding hydrogens is 350 g/mol. The largest absolute Gasteiger partial charge is 0.466 e. The van der Waals surface area contributed by atoms with Crippen LogP contribution in [0.2, 0.25) is 0 Å². The molecule has 0 aliphatic heterocycles. The Balaban J connectivity index is 2.33. The van der Waals surface area contributed by atoms with Gasteiger partial charge in [0, 0.05) is 19.2 Å². The molecule has 0 spiro atoms. The lowest BCUT2D eigenvalue weighted by Crippen LogP contribution is -2.30. The van der Waals surface area contributed by atoms with Gasteiger partial charge in [-0.25, -0.2) is 13.2 Å². The fourth-order valence-corrected chi connectivity index (χ4v) is 2.43. The minimum Gasteiger partial charge on any atom is -0.466 e. The summed E-state index contributed by atoms with van der Waals surface area (Å²) in [6.45, 7) is 1.82. The third kappa shape index (κ3) is 7.79. The number of hydrogen-bond acceptors (Lipinski definition) is 7. The van der Waals surface area contributed by atoms with Crippen molar-refractivity contribution in [2.24, 2.45) is 0 Å². The maximum atomic E-state index is 11.8. The van der Waals surface area contributed by atoms with Gasteiger partial charge in [0.15, 0.2) is 16.4 Å². The molecule has 1 N–H and O–H groups in total. The van der Waals surface area contributed by atoms with Crippen molar-refractivity contribution in [1.82, 2.24) is 5.32 Å². The molecule has 8 nitrogen and oxygen atoms in total. The second-order valence-corrected chi connectivity index (χ2v) is 7.15.